The first-order chi connectivity index (χ1) is 7.84. The molecule has 0 aliphatic carbocycles. The Morgan fingerprint density at radius 3 is 2.53 bits per heavy atom. The molecule has 0 saturated carbocycles. The van der Waals surface area contributed by atoms with Gasteiger partial charge >= 0.3 is 11.7 Å². The van der Waals surface area contributed by atoms with Gasteiger partial charge in [0.05, 0.1) is 0 Å². The molecule has 1 N–H and O–H groups in total. The third-order valence-electron chi connectivity index (χ3n) is 2.80. The Bertz CT molecular complexity index is 541. The maximum atomic E-state index is 11.8. The molecular formula is C11H16N2O4. The number of aromatic nitrogens is 2. The Hall–Kier alpha value is -1.85. The lowest BCUT2D eigenvalue weighted by Crippen LogP contribution is -2.38. The van der Waals surface area contributed by atoms with E-state index in [1.807, 2.05) is 0 Å². The molecule has 0 spiro atoms. The van der Waals surface area contributed by atoms with Gasteiger partial charge in [-0.05, 0) is 12.3 Å². The first kappa shape index (κ1) is 13.2. The summed E-state index contributed by atoms with van der Waals surface area (Å²) >= 11 is 0. The molecule has 94 valence electrons. The highest BCUT2D eigenvalue weighted by atomic mass is 16.4. The topological polar surface area (TPSA) is 81.3 Å². The summed E-state index contributed by atoms with van der Waals surface area (Å²) in [4.78, 5) is 33.8. The summed E-state index contributed by atoms with van der Waals surface area (Å²) in [6.45, 7) is 1.78. The second kappa shape index (κ2) is 4.99. The van der Waals surface area contributed by atoms with E-state index in [2.05, 4.69) is 0 Å². The fourth-order valence-electron chi connectivity index (χ4n) is 1.67. The predicted octanol–water partition coefficient (Wildman–Crippen LogP) is 0.0523. The van der Waals surface area contributed by atoms with E-state index in [-0.39, 0.29) is 23.6 Å². The van der Waals surface area contributed by atoms with Crippen LogP contribution < -0.4 is 11.2 Å². The van der Waals surface area contributed by atoms with Crippen LogP contribution in [0.15, 0.2) is 15.8 Å². The van der Waals surface area contributed by atoms with Gasteiger partial charge in [-0.2, -0.15) is 0 Å². The van der Waals surface area contributed by atoms with Crippen LogP contribution in [0.1, 0.15) is 31.2 Å². The summed E-state index contributed by atoms with van der Waals surface area (Å²) in [5, 5.41) is 8.59. The number of aryl methyl sites for hydroxylation is 1. The molecule has 0 fully saturated rings. The standard InChI is InChI=1S/C11H16N2O4/c1-7(4-5-9(14)15)8-6-12(2)11(17)13(3)10(8)16/h6-7H,4-5H2,1-3H3,(H,14,15). The molecule has 1 atom stereocenters. The summed E-state index contributed by atoms with van der Waals surface area (Å²) in [6, 6.07) is 0. The van der Waals surface area contributed by atoms with Gasteiger partial charge in [0, 0.05) is 32.3 Å². The summed E-state index contributed by atoms with van der Waals surface area (Å²) in [5.41, 5.74) is -0.272. The van der Waals surface area contributed by atoms with E-state index in [9.17, 15) is 14.4 Å². The molecule has 6 heteroatoms. The van der Waals surface area contributed by atoms with Crippen LogP contribution in [0, 0.1) is 0 Å². The summed E-state index contributed by atoms with van der Waals surface area (Å²) < 4.78 is 2.36. The van der Waals surface area contributed by atoms with Crippen LogP contribution in [0.2, 0.25) is 0 Å². The number of carboxylic acids is 1. The summed E-state index contributed by atoms with van der Waals surface area (Å²) in [5.74, 6) is -1.07. The minimum Gasteiger partial charge on any atom is -0.481 e. The largest absolute Gasteiger partial charge is 0.481 e. The molecule has 0 radical (unpaired) electrons. The van der Waals surface area contributed by atoms with Gasteiger partial charge in [-0.3, -0.25) is 14.2 Å². The predicted molar refractivity (Wildman–Crippen MR) is 62.2 cm³/mol. The first-order valence-electron chi connectivity index (χ1n) is 5.33. The molecule has 0 aliphatic rings. The van der Waals surface area contributed by atoms with Gasteiger partial charge in [-0.25, -0.2) is 4.79 Å². The van der Waals surface area contributed by atoms with Crippen LogP contribution in [0.3, 0.4) is 0 Å². The molecule has 1 unspecified atom stereocenters. The van der Waals surface area contributed by atoms with E-state index in [1.165, 1.54) is 17.8 Å². The average molecular weight is 240 g/mol. The maximum absolute atomic E-state index is 11.8. The van der Waals surface area contributed by atoms with E-state index in [1.54, 1.807) is 14.0 Å². The van der Waals surface area contributed by atoms with Crippen LogP contribution in [0.25, 0.3) is 0 Å². The van der Waals surface area contributed by atoms with Gasteiger partial charge in [0.2, 0.25) is 0 Å². The van der Waals surface area contributed by atoms with Crippen molar-refractivity contribution in [2.75, 3.05) is 0 Å². The van der Waals surface area contributed by atoms with Crippen molar-refractivity contribution >= 4 is 5.97 Å². The Morgan fingerprint density at radius 2 is 2.00 bits per heavy atom. The number of nitrogens with zero attached hydrogens (tertiary/aromatic N) is 2. The van der Waals surface area contributed by atoms with Gasteiger partial charge in [0.15, 0.2) is 0 Å². The number of hydrogen-bond donors (Lipinski definition) is 1. The van der Waals surface area contributed by atoms with Crippen LogP contribution in [-0.4, -0.2) is 20.2 Å². The quantitative estimate of drug-likeness (QED) is 0.806. The molecule has 0 amide bonds. The second-order valence-electron chi connectivity index (χ2n) is 4.18. The maximum Gasteiger partial charge on any atom is 0.330 e. The van der Waals surface area contributed by atoms with Gasteiger partial charge in [-0.1, -0.05) is 6.92 Å². The number of hydrogen-bond acceptors (Lipinski definition) is 3. The third-order valence-corrected chi connectivity index (χ3v) is 2.80. The highest BCUT2D eigenvalue weighted by Crippen LogP contribution is 2.16. The number of aliphatic carboxylic acids is 1. The average Bonchev–Trinajstić information content (AvgIpc) is 2.28. The number of carbonyl (C=O) groups is 1. The molecular weight excluding hydrogens is 224 g/mol. The highest BCUT2D eigenvalue weighted by molar-refractivity contribution is 5.66. The van der Waals surface area contributed by atoms with E-state index < -0.39 is 5.97 Å². The van der Waals surface area contributed by atoms with E-state index in [0.29, 0.717) is 12.0 Å². The minimum absolute atomic E-state index is 0.00710. The van der Waals surface area contributed by atoms with Crippen molar-refractivity contribution in [3.8, 4) is 0 Å². The molecule has 1 aromatic heterocycles. The van der Waals surface area contributed by atoms with Crippen molar-refractivity contribution in [2.24, 2.45) is 14.1 Å². The Kier molecular flexibility index (Phi) is 3.88. The first-order valence-corrected chi connectivity index (χ1v) is 5.33. The molecule has 0 bridgehead atoms. The highest BCUT2D eigenvalue weighted by Gasteiger charge is 2.14. The zero-order chi connectivity index (χ0) is 13.2. The summed E-state index contributed by atoms with van der Waals surface area (Å²) in [7, 11) is 2.98. The Balaban J connectivity index is 3.11. The van der Waals surface area contributed by atoms with Crippen LogP contribution in [0.4, 0.5) is 0 Å². The fraction of sp³-hybridized carbons (Fsp3) is 0.545. The van der Waals surface area contributed by atoms with Crippen molar-refractivity contribution in [3.05, 3.63) is 32.6 Å². The normalized spacial score (nSPS) is 12.4. The van der Waals surface area contributed by atoms with Crippen molar-refractivity contribution in [1.82, 2.24) is 9.13 Å². The smallest absolute Gasteiger partial charge is 0.330 e. The lowest BCUT2D eigenvalue weighted by atomic mass is 9.98. The lowest BCUT2D eigenvalue weighted by Gasteiger charge is -2.12. The molecule has 1 rings (SSSR count). The molecule has 1 heterocycles. The van der Waals surface area contributed by atoms with Crippen molar-refractivity contribution in [2.45, 2.75) is 25.7 Å². The SMILES string of the molecule is CC(CCC(=O)O)c1cn(C)c(=O)n(C)c1=O. The number of rotatable bonds is 4. The fourth-order valence-corrected chi connectivity index (χ4v) is 1.67. The summed E-state index contributed by atoms with van der Waals surface area (Å²) in [6.07, 6.45) is 1.87. The lowest BCUT2D eigenvalue weighted by molar-refractivity contribution is -0.137. The second-order valence-corrected chi connectivity index (χ2v) is 4.18. The Labute approximate surface area is 98.1 Å². The molecule has 0 saturated heterocycles. The van der Waals surface area contributed by atoms with Crippen LogP contribution >= 0.6 is 0 Å². The van der Waals surface area contributed by atoms with E-state index >= 15 is 0 Å². The van der Waals surface area contributed by atoms with E-state index in [0.717, 1.165) is 4.57 Å². The van der Waals surface area contributed by atoms with Gasteiger partial charge < -0.3 is 9.67 Å². The zero-order valence-corrected chi connectivity index (χ0v) is 10.1. The van der Waals surface area contributed by atoms with E-state index in [4.69, 9.17) is 5.11 Å². The number of carboxylic acid groups (broad SMARTS) is 1. The molecule has 0 aromatic carbocycles. The van der Waals surface area contributed by atoms with Crippen LogP contribution in [0.5, 0.6) is 0 Å². The minimum atomic E-state index is -0.890. The van der Waals surface area contributed by atoms with Crippen molar-refractivity contribution in [3.63, 3.8) is 0 Å². The van der Waals surface area contributed by atoms with Crippen molar-refractivity contribution in [1.29, 1.82) is 0 Å². The van der Waals surface area contributed by atoms with Gasteiger partial charge in [-0.15, -0.1) is 0 Å². The Morgan fingerprint density at radius 1 is 1.41 bits per heavy atom. The van der Waals surface area contributed by atoms with Crippen LogP contribution in [-0.2, 0) is 18.9 Å². The van der Waals surface area contributed by atoms with Gasteiger partial charge in [0.1, 0.15) is 0 Å². The molecule has 17 heavy (non-hydrogen) atoms. The molecule has 0 aliphatic heterocycles. The monoisotopic (exact) mass is 240 g/mol. The molecule has 6 nitrogen and oxygen atoms in total. The zero-order valence-electron chi connectivity index (χ0n) is 10.1. The third kappa shape index (κ3) is 2.83. The van der Waals surface area contributed by atoms with Crippen molar-refractivity contribution < 1.29 is 9.90 Å². The molecule has 1 aromatic rings. The van der Waals surface area contributed by atoms with Gasteiger partial charge in [0.25, 0.3) is 5.56 Å².